The van der Waals surface area contributed by atoms with E-state index in [1.165, 1.54) is 10.7 Å². The van der Waals surface area contributed by atoms with Crippen molar-refractivity contribution in [2.45, 2.75) is 51.2 Å². The zero-order valence-electron chi connectivity index (χ0n) is 18.0. The van der Waals surface area contributed by atoms with E-state index < -0.39 is 6.43 Å². The number of imidazole rings is 1. The third-order valence-electron chi connectivity index (χ3n) is 6.43. The van der Waals surface area contributed by atoms with Gasteiger partial charge in [0.25, 0.3) is 12.0 Å². The standard InChI is InChI=1S/C24H24ClF2N5O/c25-22-21(12-29-32(24(22)33)17-7-2-1-3-8-17)30-11-10-20-19(14-30)28-15-31(20)13-16-6-4-5-9-18(16)23(26)27/h2,4-7,9,12,15,17,23H,1,3,8,10-11,13-14H2. The maximum Gasteiger partial charge on any atom is 0.288 e. The summed E-state index contributed by atoms with van der Waals surface area (Å²) in [5.74, 6) is 0. The molecule has 0 fully saturated rings. The van der Waals surface area contributed by atoms with Crippen molar-refractivity contribution in [1.29, 1.82) is 0 Å². The van der Waals surface area contributed by atoms with Gasteiger partial charge < -0.3 is 9.47 Å². The molecule has 1 aliphatic carbocycles. The number of hydrogen-bond acceptors (Lipinski definition) is 4. The number of anilines is 1. The quantitative estimate of drug-likeness (QED) is 0.495. The number of fused-ring (bicyclic) bond motifs is 1. The summed E-state index contributed by atoms with van der Waals surface area (Å²) in [6.45, 7) is 1.45. The first-order valence-corrected chi connectivity index (χ1v) is 11.5. The molecule has 0 radical (unpaired) electrons. The second-order valence-electron chi connectivity index (χ2n) is 8.46. The lowest BCUT2D eigenvalue weighted by molar-refractivity contribution is 0.150. The molecule has 0 spiro atoms. The second kappa shape index (κ2) is 9.09. The summed E-state index contributed by atoms with van der Waals surface area (Å²) in [7, 11) is 0. The lowest BCUT2D eigenvalue weighted by Gasteiger charge is -2.30. The average Bonchev–Trinajstić information content (AvgIpc) is 3.23. The van der Waals surface area contributed by atoms with Crippen molar-refractivity contribution >= 4 is 17.3 Å². The van der Waals surface area contributed by atoms with E-state index in [1.54, 1.807) is 30.7 Å². The fourth-order valence-corrected chi connectivity index (χ4v) is 4.93. The summed E-state index contributed by atoms with van der Waals surface area (Å²) in [5.41, 5.74) is 2.81. The molecule has 0 N–H and O–H groups in total. The van der Waals surface area contributed by atoms with Crippen molar-refractivity contribution in [3.05, 3.63) is 86.8 Å². The third-order valence-corrected chi connectivity index (χ3v) is 6.79. The average molecular weight is 472 g/mol. The highest BCUT2D eigenvalue weighted by atomic mass is 35.5. The van der Waals surface area contributed by atoms with Gasteiger partial charge in [0.1, 0.15) is 5.02 Å². The molecule has 5 rings (SSSR count). The number of rotatable bonds is 5. The summed E-state index contributed by atoms with van der Waals surface area (Å²) >= 11 is 6.50. The van der Waals surface area contributed by atoms with Gasteiger partial charge in [-0.3, -0.25) is 4.79 Å². The van der Waals surface area contributed by atoms with Crippen LogP contribution in [-0.2, 0) is 19.5 Å². The maximum atomic E-state index is 13.4. The molecule has 3 aromatic rings. The van der Waals surface area contributed by atoms with Gasteiger partial charge in [-0.1, -0.05) is 48.0 Å². The molecular weight excluding hydrogens is 448 g/mol. The molecule has 33 heavy (non-hydrogen) atoms. The highest BCUT2D eigenvalue weighted by molar-refractivity contribution is 6.33. The van der Waals surface area contributed by atoms with Crippen LogP contribution in [0.1, 0.15) is 54.2 Å². The van der Waals surface area contributed by atoms with E-state index in [4.69, 9.17) is 11.6 Å². The van der Waals surface area contributed by atoms with Crippen LogP contribution in [0.15, 0.2) is 53.7 Å². The Hall–Kier alpha value is -3.00. The monoisotopic (exact) mass is 471 g/mol. The summed E-state index contributed by atoms with van der Waals surface area (Å²) in [4.78, 5) is 19.4. The van der Waals surface area contributed by atoms with Crippen molar-refractivity contribution in [2.24, 2.45) is 0 Å². The molecular formula is C24H24ClF2N5O. The fraction of sp³-hybridized carbons (Fsp3) is 0.375. The molecule has 2 aromatic heterocycles. The minimum atomic E-state index is -2.52. The molecule has 3 heterocycles. The third kappa shape index (κ3) is 4.19. The molecule has 2 aliphatic rings. The van der Waals surface area contributed by atoms with Crippen molar-refractivity contribution < 1.29 is 8.78 Å². The normalized spacial score (nSPS) is 18.1. The predicted molar refractivity (Wildman–Crippen MR) is 123 cm³/mol. The molecule has 1 aliphatic heterocycles. The molecule has 0 saturated heterocycles. The Morgan fingerprint density at radius 1 is 1.24 bits per heavy atom. The Bertz CT molecular complexity index is 1250. The van der Waals surface area contributed by atoms with Gasteiger partial charge in [-0.05, 0) is 24.8 Å². The van der Waals surface area contributed by atoms with Gasteiger partial charge in [0, 0.05) is 30.8 Å². The lowest BCUT2D eigenvalue weighted by atomic mass is 10.0. The predicted octanol–water partition coefficient (Wildman–Crippen LogP) is 4.92. The van der Waals surface area contributed by atoms with Crippen LogP contribution in [-0.4, -0.2) is 25.9 Å². The van der Waals surface area contributed by atoms with Crippen molar-refractivity contribution in [2.75, 3.05) is 11.4 Å². The first kappa shape index (κ1) is 21.8. The maximum absolute atomic E-state index is 13.4. The first-order chi connectivity index (χ1) is 16.0. The SMILES string of the molecule is O=c1c(Cl)c(N2CCc3c(ncn3Cc3ccccc3C(F)F)C2)cnn1C1C=CCCC1. The molecule has 172 valence electrons. The number of aromatic nitrogens is 4. The number of hydrogen-bond donors (Lipinski definition) is 0. The smallest absolute Gasteiger partial charge is 0.288 e. The van der Waals surface area contributed by atoms with E-state index in [2.05, 4.69) is 16.2 Å². The Balaban J connectivity index is 1.37. The molecule has 1 unspecified atom stereocenters. The molecule has 0 bridgehead atoms. The number of allylic oxidation sites excluding steroid dienone is 2. The van der Waals surface area contributed by atoms with E-state index in [0.29, 0.717) is 37.3 Å². The highest BCUT2D eigenvalue weighted by Crippen LogP contribution is 2.30. The van der Waals surface area contributed by atoms with Gasteiger partial charge >= 0.3 is 0 Å². The Kier molecular flexibility index (Phi) is 6.01. The molecule has 1 aromatic carbocycles. The van der Waals surface area contributed by atoms with Crippen LogP contribution in [0.25, 0.3) is 0 Å². The highest BCUT2D eigenvalue weighted by Gasteiger charge is 2.26. The van der Waals surface area contributed by atoms with Crippen LogP contribution in [0.3, 0.4) is 0 Å². The van der Waals surface area contributed by atoms with E-state index in [0.717, 1.165) is 30.7 Å². The van der Waals surface area contributed by atoms with Crippen molar-refractivity contribution in [3.8, 4) is 0 Å². The van der Waals surface area contributed by atoms with Crippen LogP contribution in [0.4, 0.5) is 14.5 Å². The molecule has 0 amide bonds. The first-order valence-electron chi connectivity index (χ1n) is 11.1. The van der Waals surface area contributed by atoms with E-state index >= 15 is 0 Å². The minimum absolute atomic E-state index is 0.0450. The van der Waals surface area contributed by atoms with Crippen LogP contribution in [0, 0.1) is 0 Å². The largest absolute Gasteiger partial charge is 0.362 e. The summed E-state index contributed by atoms with van der Waals surface area (Å²) in [6, 6.07) is 6.53. The van der Waals surface area contributed by atoms with Gasteiger partial charge in [0.15, 0.2) is 0 Å². The van der Waals surface area contributed by atoms with Gasteiger partial charge in [-0.2, -0.15) is 5.10 Å². The summed E-state index contributed by atoms with van der Waals surface area (Å²) < 4.78 is 30.1. The number of alkyl halides is 2. The van der Waals surface area contributed by atoms with Gasteiger partial charge in [-0.25, -0.2) is 18.4 Å². The van der Waals surface area contributed by atoms with E-state index in [1.807, 2.05) is 15.5 Å². The topological polar surface area (TPSA) is 56.0 Å². The summed E-state index contributed by atoms with van der Waals surface area (Å²) in [5, 5.41) is 4.58. The van der Waals surface area contributed by atoms with Gasteiger partial charge in [0.05, 0.1) is 36.5 Å². The Morgan fingerprint density at radius 2 is 2.09 bits per heavy atom. The molecule has 0 saturated carbocycles. The number of nitrogens with zero attached hydrogens (tertiary/aromatic N) is 5. The zero-order valence-corrected chi connectivity index (χ0v) is 18.8. The lowest BCUT2D eigenvalue weighted by Crippen LogP contribution is -2.35. The number of halogens is 3. The Morgan fingerprint density at radius 3 is 2.88 bits per heavy atom. The number of benzene rings is 1. The Labute approximate surface area is 195 Å². The molecule has 9 heteroatoms. The fourth-order valence-electron chi connectivity index (χ4n) is 4.68. The molecule has 1 atom stereocenters. The van der Waals surface area contributed by atoms with E-state index in [-0.39, 0.29) is 22.2 Å². The van der Waals surface area contributed by atoms with Gasteiger partial charge in [-0.15, -0.1) is 0 Å². The minimum Gasteiger partial charge on any atom is -0.362 e. The van der Waals surface area contributed by atoms with Crippen LogP contribution >= 0.6 is 11.6 Å². The summed E-state index contributed by atoms with van der Waals surface area (Å²) in [6.07, 6.45) is 8.51. The van der Waals surface area contributed by atoms with Crippen LogP contribution in [0.5, 0.6) is 0 Å². The van der Waals surface area contributed by atoms with Gasteiger partial charge in [0.2, 0.25) is 0 Å². The second-order valence-corrected chi connectivity index (χ2v) is 8.83. The van der Waals surface area contributed by atoms with Crippen LogP contribution in [0.2, 0.25) is 5.02 Å². The molecule has 6 nitrogen and oxygen atoms in total. The van der Waals surface area contributed by atoms with Crippen LogP contribution < -0.4 is 10.5 Å². The van der Waals surface area contributed by atoms with Crippen molar-refractivity contribution in [3.63, 3.8) is 0 Å². The zero-order chi connectivity index (χ0) is 22.9. The van der Waals surface area contributed by atoms with E-state index in [9.17, 15) is 13.6 Å². The van der Waals surface area contributed by atoms with Crippen molar-refractivity contribution in [1.82, 2.24) is 19.3 Å².